The van der Waals surface area contributed by atoms with E-state index in [-0.39, 0.29) is 0 Å². The summed E-state index contributed by atoms with van der Waals surface area (Å²) >= 11 is 0. The minimum absolute atomic E-state index is 0.412. The Kier molecular flexibility index (Phi) is 31.4. The molecule has 0 saturated heterocycles. The number of likely N-dealkylation sites (N-methyl/N-ethyl adjacent to an activating group) is 1. The van der Waals surface area contributed by atoms with Crippen molar-refractivity contribution < 1.29 is 4.74 Å². The van der Waals surface area contributed by atoms with Crippen molar-refractivity contribution in [3.8, 4) is 0 Å². The van der Waals surface area contributed by atoms with Crippen molar-refractivity contribution in [2.45, 2.75) is 144 Å². The van der Waals surface area contributed by atoms with Crippen molar-refractivity contribution in [1.82, 2.24) is 20.9 Å². The predicted octanol–water partition coefficient (Wildman–Crippen LogP) is 10.0. The average molecular weight is 671 g/mol. The molecule has 0 radical (unpaired) electrons. The van der Waals surface area contributed by atoms with E-state index >= 15 is 0 Å². The summed E-state index contributed by atoms with van der Waals surface area (Å²) in [6.45, 7) is 31.1. The normalized spacial score (nSPS) is 15.4. The summed E-state index contributed by atoms with van der Waals surface area (Å²) in [6, 6.07) is 11.8. The first kappa shape index (κ1) is 46.3. The first-order valence-corrected chi connectivity index (χ1v) is 19.9. The van der Waals surface area contributed by atoms with Crippen LogP contribution in [0.1, 0.15) is 131 Å². The quantitative estimate of drug-likeness (QED) is 0.0549. The number of hydrogen-bond acceptors (Lipinski definition) is 5. The smallest absolute Gasteiger partial charge is 0.0590 e. The van der Waals surface area contributed by atoms with Crippen LogP contribution in [-0.2, 0) is 11.2 Å². The molecule has 1 saturated carbocycles. The van der Waals surface area contributed by atoms with E-state index in [0.717, 1.165) is 83.5 Å². The molecule has 0 amide bonds. The summed E-state index contributed by atoms with van der Waals surface area (Å²) in [4.78, 5) is 2.44. The molecule has 3 atom stereocenters. The highest BCUT2D eigenvalue weighted by Crippen LogP contribution is 2.22. The Morgan fingerprint density at radius 1 is 0.896 bits per heavy atom. The molecular formula is C43H82N4O. The van der Waals surface area contributed by atoms with Gasteiger partial charge in [0.25, 0.3) is 0 Å². The van der Waals surface area contributed by atoms with Gasteiger partial charge in [-0.2, -0.15) is 0 Å². The number of nitrogens with one attached hydrogen (secondary N) is 3. The van der Waals surface area contributed by atoms with Crippen molar-refractivity contribution in [3.63, 3.8) is 0 Å². The lowest BCUT2D eigenvalue weighted by Crippen LogP contribution is -2.42. The first-order valence-electron chi connectivity index (χ1n) is 19.9. The summed E-state index contributed by atoms with van der Waals surface area (Å²) in [7, 11) is 2.23. The van der Waals surface area contributed by atoms with Crippen LogP contribution in [0, 0.1) is 17.8 Å². The number of allylic oxidation sites excluding steroid dienone is 1. The molecule has 1 aromatic rings. The van der Waals surface area contributed by atoms with Crippen LogP contribution in [0.4, 0.5) is 0 Å². The van der Waals surface area contributed by atoms with Crippen LogP contribution in [0.2, 0.25) is 0 Å². The van der Waals surface area contributed by atoms with Gasteiger partial charge in [-0.25, -0.2) is 0 Å². The van der Waals surface area contributed by atoms with Crippen molar-refractivity contribution in [2.24, 2.45) is 17.8 Å². The number of ether oxygens (including phenoxy) is 1. The molecule has 2 rings (SSSR count). The minimum atomic E-state index is 0.412. The van der Waals surface area contributed by atoms with Crippen LogP contribution in [0.5, 0.6) is 0 Å². The van der Waals surface area contributed by atoms with E-state index in [1.807, 2.05) is 0 Å². The Hall–Kier alpha value is -1.66. The summed E-state index contributed by atoms with van der Waals surface area (Å²) in [5.41, 5.74) is 2.57. The third-order valence-corrected chi connectivity index (χ3v) is 9.57. The highest BCUT2D eigenvalue weighted by atomic mass is 16.5. The Morgan fingerprint density at radius 3 is 2.21 bits per heavy atom. The van der Waals surface area contributed by atoms with E-state index in [2.05, 4.69) is 120 Å². The van der Waals surface area contributed by atoms with E-state index in [9.17, 15) is 0 Å². The third kappa shape index (κ3) is 27.2. The van der Waals surface area contributed by atoms with Crippen molar-refractivity contribution in [2.75, 3.05) is 53.0 Å². The average Bonchev–Trinajstić information content (AvgIpc) is 3.34. The SMILES string of the molecule is C=C.C=C(N[C@@H](CC)CN[C@@H](C)CCCC(C)C)[C@@H](CCN(C)CCNCCOCCCC)Cc1ccccc1.CC1CCCCCC1. The van der Waals surface area contributed by atoms with E-state index in [1.54, 1.807) is 0 Å². The van der Waals surface area contributed by atoms with Gasteiger partial charge < -0.3 is 25.6 Å². The summed E-state index contributed by atoms with van der Waals surface area (Å²) in [5.74, 6) is 2.23. The third-order valence-electron chi connectivity index (χ3n) is 9.57. The molecule has 280 valence electrons. The molecule has 0 spiro atoms. The molecule has 0 aliphatic heterocycles. The van der Waals surface area contributed by atoms with E-state index < -0.39 is 0 Å². The molecule has 0 unspecified atom stereocenters. The Labute approximate surface area is 300 Å². The number of nitrogens with zero attached hydrogens (tertiary/aromatic N) is 1. The van der Waals surface area contributed by atoms with E-state index in [4.69, 9.17) is 4.74 Å². The van der Waals surface area contributed by atoms with Crippen LogP contribution >= 0.6 is 0 Å². The van der Waals surface area contributed by atoms with Crippen LogP contribution in [0.15, 0.2) is 55.8 Å². The van der Waals surface area contributed by atoms with Crippen LogP contribution < -0.4 is 16.0 Å². The van der Waals surface area contributed by atoms with Crippen LogP contribution in [0.25, 0.3) is 0 Å². The highest BCUT2D eigenvalue weighted by molar-refractivity contribution is 5.18. The maximum absolute atomic E-state index is 5.64. The zero-order valence-corrected chi connectivity index (χ0v) is 33.1. The maximum atomic E-state index is 5.64. The van der Waals surface area contributed by atoms with E-state index in [1.165, 1.54) is 75.5 Å². The number of unbranched alkanes of at least 4 members (excludes halogenated alkanes) is 1. The molecule has 0 bridgehead atoms. The lowest BCUT2D eigenvalue weighted by atomic mass is 9.92. The van der Waals surface area contributed by atoms with Gasteiger partial charge in [-0.15, -0.1) is 13.2 Å². The predicted molar refractivity (Wildman–Crippen MR) is 215 cm³/mol. The fourth-order valence-corrected chi connectivity index (χ4v) is 6.11. The molecule has 3 N–H and O–H groups in total. The molecule has 0 heterocycles. The zero-order chi connectivity index (χ0) is 35.8. The first-order chi connectivity index (χ1) is 23.2. The van der Waals surface area contributed by atoms with Gasteiger partial charge in [0.15, 0.2) is 0 Å². The molecule has 1 aliphatic carbocycles. The van der Waals surface area contributed by atoms with Crippen LogP contribution in [0.3, 0.4) is 0 Å². The van der Waals surface area contributed by atoms with Gasteiger partial charge in [0.05, 0.1) is 6.61 Å². The van der Waals surface area contributed by atoms with Gasteiger partial charge >= 0.3 is 0 Å². The molecule has 5 heteroatoms. The minimum Gasteiger partial charge on any atom is -0.385 e. The lowest BCUT2D eigenvalue weighted by Gasteiger charge is -2.28. The van der Waals surface area contributed by atoms with Crippen molar-refractivity contribution in [3.05, 3.63) is 61.3 Å². The van der Waals surface area contributed by atoms with Gasteiger partial charge in [0, 0.05) is 56.5 Å². The fraction of sp³-hybridized carbons (Fsp3) is 0.767. The second-order valence-corrected chi connectivity index (χ2v) is 14.7. The van der Waals surface area contributed by atoms with Crippen molar-refractivity contribution >= 4 is 0 Å². The summed E-state index contributed by atoms with van der Waals surface area (Å²) < 4.78 is 5.64. The van der Waals surface area contributed by atoms with Gasteiger partial charge in [-0.3, -0.25) is 0 Å². The molecule has 48 heavy (non-hydrogen) atoms. The Balaban J connectivity index is 0.00000189. The molecule has 0 aromatic heterocycles. The number of rotatable bonds is 25. The molecular weight excluding hydrogens is 589 g/mol. The summed E-state index contributed by atoms with van der Waals surface area (Å²) in [5, 5.41) is 11.1. The standard InChI is InChI=1S/C33H62N4O.C8H16.C2H4/c1-8-10-24-38-25-21-34-20-23-37(7)22-19-32(26-31-17-12-11-13-18-31)30(6)36-33(9-2)27-35-29(5)16-14-15-28(3)4;1-8-6-4-2-3-5-7-8;1-2/h11-13,17-18,28-29,32-36H,6,8-10,14-16,19-27H2,1-5,7H3;8H,2-7H2,1H3;1-2H2/t29-,32-,33-;;/m0../s1. The molecule has 5 nitrogen and oxygen atoms in total. The Bertz CT molecular complexity index is 823. The number of benzene rings is 1. The van der Waals surface area contributed by atoms with Gasteiger partial charge in [0.2, 0.25) is 0 Å². The second kappa shape index (κ2) is 32.5. The summed E-state index contributed by atoms with van der Waals surface area (Å²) in [6.07, 6.45) is 18.4. The topological polar surface area (TPSA) is 48.6 Å². The van der Waals surface area contributed by atoms with Gasteiger partial charge in [-0.05, 0) is 70.0 Å². The van der Waals surface area contributed by atoms with Gasteiger partial charge in [-0.1, -0.05) is 129 Å². The molecule has 1 aromatic carbocycles. The zero-order valence-electron chi connectivity index (χ0n) is 33.1. The number of hydrogen-bond donors (Lipinski definition) is 3. The lowest BCUT2D eigenvalue weighted by molar-refractivity contribution is 0.132. The molecule has 1 aliphatic rings. The fourth-order valence-electron chi connectivity index (χ4n) is 6.11. The van der Waals surface area contributed by atoms with Gasteiger partial charge in [0.1, 0.15) is 0 Å². The van der Waals surface area contributed by atoms with Crippen LogP contribution in [-0.4, -0.2) is 70.0 Å². The maximum Gasteiger partial charge on any atom is 0.0590 e. The van der Waals surface area contributed by atoms with Crippen molar-refractivity contribution in [1.29, 1.82) is 0 Å². The highest BCUT2D eigenvalue weighted by Gasteiger charge is 2.18. The largest absolute Gasteiger partial charge is 0.385 e. The Morgan fingerprint density at radius 2 is 1.58 bits per heavy atom. The second-order valence-electron chi connectivity index (χ2n) is 14.7. The molecule has 1 fully saturated rings. The van der Waals surface area contributed by atoms with E-state index in [0.29, 0.717) is 18.0 Å². The monoisotopic (exact) mass is 671 g/mol.